The Kier molecular flexibility index (Phi) is 6.07. The molecule has 1 atom stereocenters. The maximum absolute atomic E-state index is 12.4. The number of nitrogens with one attached hydrogen (secondary N) is 1. The van der Waals surface area contributed by atoms with Gasteiger partial charge in [0.2, 0.25) is 0 Å². The summed E-state index contributed by atoms with van der Waals surface area (Å²) in [7, 11) is 1.56. The highest BCUT2D eigenvalue weighted by atomic mass is 16.5. The SMILES string of the molecule is COc1ccccc1/C=C/C(=O)O[C@H](C)C(=O)Nc1cccc2ccccc12. The number of para-hydroxylation sites is 1. The Morgan fingerprint density at radius 1 is 0.964 bits per heavy atom. The van der Waals surface area contributed by atoms with E-state index in [4.69, 9.17) is 9.47 Å². The van der Waals surface area contributed by atoms with Crippen molar-refractivity contribution in [2.24, 2.45) is 0 Å². The van der Waals surface area contributed by atoms with Gasteiger partial charge in [0.1, 0.15) is 5.75 Å². The number of fused-ring (bicyclic) bond motifs is 1. The number of carbonyl (C=O) groups excluding carboxylic acids is 2. The van der Waals surface area contributed by atoms with E-state index < -0.39 is 18.0 Å². The van der Waals surface area contributed by atoms with E-state index in [1.54, 1.807) is 19.3 Å². The third kappa shape index (κ3) is 4.57. The molecule has 3 aromatic carbocycles. The summed E-state index contributed by atoms with van der Waals surface area (Å²) < 4.78 is 10.4. The van der Waals surface area contributed by atoms with Crippen LogP contribution in [0.5, 0.6) is 5.75 Å². The van der Waals surface area contributed by atoms with E-state index in [1.165, 1.54) is 13.0 Å². The number of carbonyl (C=O) groups is 2. The number of esters is 1. The summed E-state index contributed by atoms with van der Waals surface area (Å²) in [6.45, 7) is 1.54. The van der Waals surface area contributed by atoms with Crippen molar-refractivity contribution in [2.75, 3.05) is 12.4 Å². The molecule has 0 aliphatic carbocycles. The van der Waals surface area contributed by atoms with Gasteiger partial charge in [-0.25, -0.2) is 4.79 Å². The van der Waals surface area contributed by atoms with Crippen LogP contribution in [0.3, 0.4) is 0 Å². The highest BCUT2D eigenvalue weighted by Crippen LogP contribution is 2.23. The van der Waals surface area contributed by atoms with Crippen LogP contribution in [0.25, 0.3) is 16.8 Å². The first-order valence-corrected chi connectivity index (χ1v) is 8.89. The van der Waals surface area contributed by atoms with Crippen molar-refractivity contribution >= 4 is 34.4 Å². The lowest BCUT2D eigenvalue weighted by molar-refractivity contribution is -0.148. The minimum absolute atomic E-state index is 0.393. The van der Waals surface area contributed by atoms with Gasteiger partial charge in [0, 0.05) is 22.7 Å². The van der Waals surface area contributed by atoms with E-state index in [0.717, 1.165) is 16.3 Å². The largest absolute Gasteiger partial charge is 0.496 e. The molecule has 0 heterocycles. The van der Waals surface area contributed by atoms with Gasteiger partial charge in [-0.15, -0.1) is 0 Å². The molecule has 0 fully saturated rings. The zero-order chi connectivity index (χ0) is 19.9. The molecule has 3 aromatic rings. The summed E-state index contributed by atoms with van der Waals surface area (Å²) in [5, 5.41) is 4.76. The first kappa shape index (κ1) is 19.2. The van der Waals surface area contributed by atoms with Crippen LogP contribution in [0.4, 0.5) is 5.69 Å². The lowest BCUT2D eigenvalue weighted by Crippen LogP contribution is -2.29. The number of ether oxygens (including phenoxy) is 2. The average Bonchev–Trinajstić information content (AvgIpc) is 2.72. The predicted molar refractivity (Wildman–Crippen MR) is 110 cm³/mol. The monoisotopic (exact) mass is 375 g/mol. The van der Waals surface area contributed by atoms with Crippen molar-refractivity contribution < 1.29 is 19.1 Å². The van der Waals surface area contributed by atoms with Crippen LogP contribution in [0.15, 0.2) is 72.8 Å². The number of amides is 1. The van der Waals surface area contributed by atoms with Crippen molar-refractivity contribution in [2.45, 2.75) is 13.0 Å². The minimum atomic E-state index is -0.936. The zero-order valence-corrected chi connectivity index (χ0v) is 15.7. The molecule has 28 heavy (non-hydrogen) atoms. The first-order valence-electron chi connectivity index (χ1n) is 8.89. The van der Waals surface area contributed by atoms with Crippen LogP contribution in [-0.4, -0.2) is 25.1 Å². The molecule has 1 N–H and O–H groups in total. The Morgan fingerprint density at radius 2 is 1.68 bits per heavy atom. The second-order valence-corrected chi connectivity index (χ2v) is 6.17. The van der Waals surface area contributed by atoms with Crippen LogP contribution < -0.4 is 10.1 Å². The van der Waals surface area contributed by atoms with E-state index in [-0.39, 0.29) is 0 Å². The molecular formula is C23H21NO4. The Hall–Kier alpha value is -3.60. The Labute approximate surface area is 163 Å². The second-order valence-electron chi connectivity index (χ2n) is 6.17. The molecule has 0 aliphatic heterocycles. The Bertz CT molecular complexity index is 1020. The van der Waals surface area contributed by atoms with Crippen molar-refractivity contribution in [1.29, 1.82) is 0 Å². The first-order chi connectivity index (χ1) is 13.6. The van der Waals surface area contributed by atoms with Gasteiger partial charge >= 0.3 is 5.97 Å². The zero-order valence-electron chi connectivity index (χ0n) is 15.7. The lowest BCUT2D eigenvalue weighted by Gasteiger charge is -2.14. The van der Waals surface area contributed by atoms with Gasteiger partial charge < -0.3 is 14.8 Å². The number of benzene rings is 3. The molecule has 0 bridgehead atoms. The standard InChI is InChI=1S/C23H21NO4/c1-16(28-22(25)15-14-18-9-4-6-13-21(18)27-2)23(26)24-20-12-7-10-17-8-3-5-11-19(17)20/h3-16H,1-2H3,(H,24,26)/b15-14+/t16-/m1/s1. The molecule has 5 nitrogen and oxygen atoms in total. The molecule has 142 valence electrons. The van der Waals surface area contributed by atoms with E-state index in [1.807, 2.05) is 60.7 Å². The number of anilines is 1. The van der Waals surface area contributed by atoms with Crippen LogP contribution >= 0.6 is 0 Å². The summed E-state index contributed by atoms with van der Waals surface area (Å²) in [6.07, 6.45) is 1.93. The van der Waals surface area contributed by atoms with Crippen LogP contribution in [0.2, 0.25) is 0 Å². The molecule has 0 aromatic heterocycles. The lowest BCUT2D eigenvalue weighted by atomic mass is 10.1. The van der Waals surface area contributed by atoms with Crippen molar-refractivity contribution in [3.05, 3.63) is 78.4 Å². The van der Waals surface area contributed by atoms with Crippen LogP contribution in [0.1, 0.15) is 12.5 Å². The van der Waals surface area contributed by atoms with Crippen LogP contribution in [-0.2, 0) is 14.3 Å². The quantitative estimate of drug-likeness (QED) is 0.511. The molecule has 1 amide bonds. The van der Waals surface area contributed by atoms with Crippen molar-refractivity contribution in [3.8, 4) is 5.75 Å². The van der Waals surface area contributed by atoms with E-state index in [0.29, 0.717) is 11.4 Å². The normalized spacial score (nSPS) is 11.9. The molecule has 0 spiro atoms. The summed E-state index contributed by atoms with van der Waals surface area (Å²) in [5.41, 5.74) is 1.42. The number of hydrogen-bond donors (Lipinski definition) is 1. The summed E-state index contributed by atoms with van der Waals surface area (Å²) >= 11 is 0. The van der Waals surface area contributed by atoms with Crippen molar-refractivity contribution in [3.63, 3.8) is 0 Å². The van der Waals surface area contributed by atoms with Gasteiger partial charge in [0.25, 0.3) is 5.91 Å². The van der Waals surface area contributed by atoms with E-state index in [9.17, 15) is 9.59 Å². The maximum Gasteiger partial charge on any atom is 0.331 e. The molecule has 0 radical (unpaired) electrons. The number of hydrogen-bond acceptors (Lipinski definition) is 4. The Morgan fingerprint density at radius 3 is 2.50 bits per heavy atom. The van der Waals surface area contributed by atoms with Gasteiger partial charge in [-0.1, -0.05) is 54.6 Å². The fraction of sp³-hybridized carbons (Fsp3) is 0.130. The maximum atomic E-state index is 12.4. The van der Waals surface area contributed by atoms with E-state index >= 15 is 0 Å². The highest BCUT2D eigenvalue weighted by molar-refractivity contribution is 6.04. The van der Waals surface area contributed by atoms with Crippen molar-refractivity contribution in [1.82, 2.24) is 0 Å². The summed E-state index contributed by atoms with van der Waals surface area (Å²) in [6, 6.07) is 20.7. The van der Waals surface area contributed by atoms with Gasteiger partial charge in [0.05, 0.1) is 7.11 Å². The molecule has 0 unspecified atom stereocenters. The molecule has 3 rings (SSSR count). The van der Waals surface area contributed by atoms with Crippen LogP contribution in [0, 0.1) is 0 Å². The molecular weight excluding hydrogens is 354 g/mol. The predicted octanol–water partition coefficient (Wildman–Crippen LogP) is 4.43. The smallest absolute Gasteiger partial charge is 0.331 e. The minimum Gasteiger partial charge on any atom is -0.496 e. The summed E-state index contributed by atoms with van der Waals surface area (Å²) in [5.74, 6) is -0.352. The average molecular weight is 375 g/mol. The Balaban J connectivity index is 1.63. The molecule has 0 aliphatic rings. The highest BCUT2D eigenvalue weighted by Gasteiger charge is 2.17. The number of methoxy groups -OCH3 is 1. The molecule has 0 saturated heterocycles. The second kappa shape index (κ2) is 8.86. The van der Waals surface area contributed by atoms with Gasteiger partial charge in [-0.3, -0.25) is 4.79 Å². The number of rotatable bonds is 6. The molecule has 0 saturated carbocycles. The fourth-order valence-corrected chi connectivity index (χ4v) is 2.80. The molecule has 5 heteroatoms. The van der Waals surface area contributed by atoms with E-state index in [2.05, 4.69) is 5.32 Å². The summed E-state index contributed by atoms with van der Waals surface area (Å²) in [4.78, 5) is 24.5. The van der Waals surface area contributed by atoms with Gasteiger partial charge in [0.15, 0.2) is 6.10 Å². The van der Waals surface area contributed by atoms with Gasteiger partial charge in [-0.2, -0.15) is 0 Å². The fourth-order valence-electron chi connectivity index (χ4n) is 2.80. The third-order valence-corrected chi connectivity index (χ3v) is 4.25. The van der Waals surface area contributed by atoms with Gasteiger partial charge in [-0.05, 0) is 30.5 Å². The topological polar surface area (TPSA) is 64.6 Å². The third-order valence-electron chi connectivity index (χ3n) is 4.25.